The maximum atomic E-state index is 13.5. The van der Waals surface area contributed by atoms with E-state index in [1.807, 2.05) is 24.3 Å². The molecule has 4 rings (SSSR count). The van der Waals surface area contributed by atoms with E-state index in [0.717, 1.165) is 21.4 Å². The molecule has 2 aromatic carbocycles. The number of fused-ring (bicyclic) bond motifs is 1. The number of phenolic OH excluding ortho intramolecular Hbond substituents is 1. The van der Waals surface area contributed by atoms with Crippen molar-refractivity contribution in [3.63, 3.8) is 0 Å². The summed E-state index contributed by atoms with van der Waals surface area (Å²) in [6.45, 7) is 3.64. The Bertz CT molecular complexity index is 1480. The number of hydrogen-bond acceptors (Lipinski definition) is 6. The van der Waals surface area contributed by atoms with E-state index in [-0.39, 0.29) is 22.9 Å². The SMILES string of the molecule is CCOC(=O)C1=C(C)N=c2sc(=Cc3cc(Cl)cc(Cl)c3O)c(=O)n2[C@@H]1c1ccc(Br)cc1. The predicted octanol–water partition coefficient (Wildman–Crippen LogP) is 4.57. The monoisotopic (exact) mass is 566 g/mol. The van der Waals surface area contributed by atoms with Gasteiger partial charge in [-0.25, -0.2) is 9.79 Å². The first-order valence-corrected chi connectivity index (χ1v) is 12.2. The average Bonchev–Trinajstić information content (AvgIpc) is 3.06. The van der Waals surface area contributed by atoms with Crippen LogP contribution in [0.5, 0.6) is 5.75 Å². The van der Waals surface area contributed by atoms with Gasteiger partial charge in [0, 0.05) is 15.1 Å². The molecule has 0 radical (unpaired) electrons. The molecule has 33 heavy (non-hydrogen) atoms. The number of hydrogen-bond donors (Lipinski definition) is 1. The highest BCUT2D eigenvalue weighted by Crippen LogP contribution is 2.33. The molecule has 0 aliphatic carbocycles. The van der Waals surface area contributed by atoms with E-state index in [1.54, 1.807) is 13.8 Å². The van der Waals surface area contributed by atoms with Crippen LogP contribution < -0.4 is 14.9 Å². The molecule has 2 heterocycles. The number of aromatic nitrogens is 1. The Morgan fingerprint density at radius 3 is 2.67 bits per heavy atom. The Morgan fingerprint density at radius 1 is 1.30 bits per heavy atom. The summed E-state index contributed by atoms with van der Waals surface area (Å²) < 4.78 is 7.93. The van der Waals surface area contributed by atoms with Gasteiger partial charge in [0.05, 0.1) is 33.5 Å². The van der Waals surface area contributed by atoms with Crippen LogP contribution in [0.3, 0.4) is 0 Å². The van der Waals surface area contributed by atoms with Crippen molar-refractivity contribution in [2.45, 2.75) is 19.9 Å². The van der Waals surface area contributed by atoms with Crippen LogP contribution in [0.25, 0.3) is 6.08 Å². The van der Waals surface area contributed by atoms with Crippen LogP contribution in [-0.4, -0.2) is 22.2 Å². The average molecular weight is 568 g/mol. The summed E-state index contributed by atoms with van der Waals surface area (Å²) in [6.07, 6.45) is 1.51. The van der Waals surface area contributed by atoms with Gasteiger partial charge in [-0.15, -0.1) is 0 Å². The number of rotatable bonds is 4. The number of nitrogens with zero attached hydrogens (tertiary/aromatic N) is 2. The van der Waals surface area contributed by atoms with Gasteiger partial charge in [-0.05, 0) is 49.8 Å². The van der Waals surface area contributed by atoms with Gasteiger partial charge in [-0.1, -0.05) is 62.6 Å². The smallest absolute Gasteiger partial charge is 0.338 e. The number of carbonyl (C=O) groups excluding carboxylic acids is 1. The fraction of sp³-hybridized carbons (Fsp3) is 0.174. The van der Waals surface area contributed by atoms with Crippen molar-refractivity contribution >= 4 is 62.5 Å². The third-order valence-electron chi connectivity index (χ3n) is 5.05. The molecule has 1 atom stereocenters. The van der Waals surface area contributed by atoms with Gasteiger partial charge in [0.1, 0.15) is 5.75 Å². The number of esters is 1. The normalized spacial score (nSPS) is 15.9. The van der Waals surface area contributed by atoms with Crippen LogP contribution in [0.4, 0.5) is 0 Å². The summed E-state index contributed by atoms with van der Waals surface area (Å²) in [5.74, 6) is -0.708. The van der Waals surface area contributed by atoms with Gasteiger partial charge in [-0.3, -0.25) is 9.36 Å². The minimum atomic E-state index is -0.716. The number of thiazole rings is 1. The van der Waals surface area contributed by atoms with Gasteiger partial charge in [-0.2, -0.15) is 0 Å². The van der Waals surface area contributed by atoms with Crippen LogP contribution in [0, 0.1) is 0 Å². The maximum absolute atomic E-state index is 13.5. The summed E-state index contributed by atoms with van der Waals surface area (Å²) in [6, 6.07) is 9.58. The topological polar surface area (TPSA) is 80.9 Å². The molecule has 0 saturated heterocycles. The summed E-state index contributed by atoms with van der Waals surface area (Å²) in [5.41, 5.74) is 1.45. The number of halogens is 3. The van der Waals surface area contributed by atoms with Crippen molar-refractivity contribution in [3.05, 3.63) is 93.0 Å². The summed E-state index contributed by atoms with van der Waals surface area (Å²) in [5, 5.41) is 10.7. The van der Waals surface area contributed by atoms with Gasteiger partial charge in [0.25, 0.3) is 5.56 Å². The Morgan fingerprint density at radius 2 is 2.00 bits per heavy atom. The third-order valence-corrected chi connectivity index (χ3v) is 7.06. The van der Waals surface area contributed by atoms with E-state index >= 15 is 0 Å². The van der Waals surface area contributed by atoms with E-state index in [2.05, 4.69) is 20.9 Å². The zero-order chi connectivity index (χ0) is 23.9. The van der Waals surface area contributed by atoms with Crippen LogP contribution in [-0.2, 0) is 9.53 Å². The standard InChI is InChI=1S/C23H17BrCl2N2O4S/c1-3-32-22(31)18-11(2)27-23-28(19(18)12-4-6-14(24)7-5-12)21(30)17(33-23)9-13-8-15(25)10-16(26)20(13)29/h4-10,19,29H,3H2,1-2H3/t19-/m1/s1. The van der Waals surface area contributed by atoms with Gasteiger partial charge < -0.3 is 9.84 Å². The Hall–Kier alpha value is -2.39. The maximum Gasteiger partial charge on any atom is 0.338 e. The molecule has 0 bridgehead atoms. The van der Waals surface area contributed by atoms with E-state index in [4.69, 9.17) is 27.9 Å². The number of carbonyl (C=O) groups is 1. The quantitative estimate of drug-likeness (QED) is 0.468. The molecule has 1 aliphatic heterocycles. The number of ether oxygens (including phenoxy) is 1. The highest BCUT2D eigenvalue weighted by Gasteiger charge is 2.33. The number of aromatic hydroxyl groups is 1. The van der Waals surface area contributed by atoms with Crippen LogP contribution in [0.1, 0.15) is 31.0 Å². The van der Waals surface area contributed by atoms with E-state index in [1.165, 1.54) is 22.8 Å². The lowest BCUT2D eigenvalue weighted by Gasteiger charge is -2.24. The molecule has 0 spiro atoms. The van der Waals surface area contributed by atoms with Crippen LogP contribution in [0.15, 0.2) is 61.9 Å². The third kappa shape index (κ3) is 4.53. The lowest BCUT2D eigenvalue weighted by atomic mass is 9.96. The van der Waals surface area contributed by atoms with Gasteiger partial charge >= 0.3 is 5.97 Å². The van der Waals surface area contributed by atoms with Crippen molar-refractivity contribution in [2.75, 3.05) is 6.61 Å². The predicted molar refractivity (Wildman–Crippen MR) is 133 cm³/mol. The molecule has 0 saturated carbocycles. The lowest BCUT2D eigenvalue weighted by molar-refractivity contribution is -0.139. The Labute approximate surface area is 211 Å². The first-order chi connectivity index (χ1) is 15.7. The molecule has 10 heteroatoms. The molecule has 0 fully saturated rings. The summed E-state index contributed by atoms with van der Waals surface area (Å²) in [4.78, 5) is 31.3. The van der Waals surface area contributed by atoms with E-state index in [9.17, 15) is 14.7 Å². The fourth-order valence-corrected chi connectivity index (χ4v) is 5.40. The second kappa shape index (κ2) is 9.46. The molecule has 6 nitrogen and oxygen atoms in total. The molecule has 1 aromatic heterocycles. The second-order valence-electron chi connectivity index (χ2n) is 7.18. The largest absolute Gasteiger partial charge is 0.506 e. The fourth-order valence-electron chi connectivity index (χ4n) is 3.59. The summed E-state index contributed by atoms with van der Waals surface area (Å²) in [7, 11) is 0. The number of benzene rings is 2. The Balaban J connectivity index is 1.98. The van der Waals surface area contributed by atoms with Crippen molar-refractivity contribution in [1.82, 2.24) is 4.57 Å². The zero-order valence-corrected chi connectivity index (χ0v) is 21.3. The molecule has 0 unspecified atom stereocenters. The Kier molecular flexibility index (Phi) is 6.81. The van der Waals surface area contributed by atoms with E-state index in [0.29, 0.717) is 31.2 Å². The number of phenols is 1. The molecule has 3 aromatic rings. The van der Waals surface area contributed by atoms with Gasteiger partial charge in [0.2, 0.25) is 0 Å². The van der Waals surface area contributed by atoms with E-state index < -0.39 is 12.0 Å². The zero-order valence-electron chi connectivity index (χ0n) is 17.4. The molecule has 1 N–H and O–H groups in total. The van der Waals surface area contributed by atoms with Gasteiger partial charge in [0.15, 0.2) is 4.80 Å². The van der Waals surface area contributed by atoms with Crippen molar-refractivity contribution in [2.24, 2.45) is 4.99 Å². The molecule has 170 valence electrons. The van der Waals surface area contributed by atoms with Crippen molar-refractivity contribution in [1.29, 1.82) is 0 Å². The molecular weight excluding hydrogens is 551 g/mol. The minimum Gasteiger partial charge on any atom is -0.506 e. The first-order valence-electron chi connectivity index (χ1n) is 9.84. The summed E-state index contributed by atoms with van der Waals surface area (Å²) >= 11 is 16.7. The molecule has 1 aliphatic rings. The van der Waals surface area contributed by atoms with Crippen LogP contribution in [0.2, 0.25) is 10.0 Å². The van der Waals surface area contributed by atoms with Crippen LogP contribution >= 0.6 is 50.5 Å². The first kappa shape index (κ1) is 23.8. The van der Waals surface area contributed by atoms with Crippen molar-refractivity contribution < 1.29 is 14.6 Å². The highest BCUT2D eigenvalue weighted by atomic mass is 79.9. The lowest BCUT2D eigenvalue weighted by Crippen LogP contribution is -2.39. The molecular formula is C23H17BrCl2N2O4S. The second-order valence-corrected chi connectivity index (χ2v) is 9.95. The molecule has 0 amide bonds. The highest BCUT2D eigenvalue weighted by molar-refractivity contribution is 9.10. The number of allylic oxidation sites excluding steroid dienone is 1. The minimum absolute atomic E-state index is 0.0784. The van der Waals surface area contributed by atoms with Crippen molar-refractivity contribution in [3.8, 4) is 5.75 Å².